The highest BCUT2D eigenvalue weighted by Crippen LogP contribution is 2.17. The normalized spacial score (nSPS) is 12.2. The van der Waals surface area contributed by atoms with Gasteiger partial charge in [-0.25, -0.2) is 4.39 Å². The number of nitrogens with one attached hydrogen (secondary N) is 1. The van der Waals surface area contributed by atoms with Gasteiger partial charge in [0.15, 0.2) is 0 Å². The Labute approximate surface area is 109 Å². The number of nitrogens with two attached hydrogens (primary N) is 1. The molecule has 1 aromatic carbocycles. The molecule has 0 saturated carbocycles. The van der Waals surface area contributed by atoms with Crippen molar-refractivity contribution in [3.63, 3.8) is 0 Å². The summed E-state index contributed by atoms with van der Waals surface area (Å²) in [5.74, 6) is -0.738. The molecule has 3 N–H and O–H groups in total. The van der Waals surface area contributed by atoms with E-state index in [9.17, 15) is 9.18 Å². The summed E-state index contributed by atoms with van der Waals surface area (Å²) < 4.78 is 13.6. The lowest BCUT2D eigenvalue weighted by molar-refractivity contribution is 0.0935. The summed E-state index contributed by atoms with van der Waals surface area (Å²) in [6, 6.07) is 3.95. The minimum atomic E-state index is -0.432. The van der Waals surface area contributed by atoms with E-state index in [1.165, 1.54) is 18.2 Å². The highest BCUT2D eigenvalue weighted by Gasteiger charge is 2.14. The van der Waals surface area contributed by atoms with Gasteiger partial charge >= 0.3 is 0 Å². The SMILES string of the molecule is CCCC(CN)NC(=O)c1cc(F)ccc1Br. The molecule has 0 spiro atoms. The van der Waals surface area contributed by atoms with Gasteiger partial charge < -0.3 is 11.1 Å². The maximum absolute atomic E-state index is 13.0. The van der Waals surface area contributed by atoms with Crippen molar-refractivity contribution in [2.75, 3.05) is 6.54 Å². The van der Waals surface area contributed by atoms with E-state index < -0.39 is 5.82 Å². The van der Waals surface area contributed by atoms with Gasteiger partial charge in [0.05, 0.1) is 5.56 Å². The van der Waals surface area contributed by atoms with E-state index in [4.69, 9.17) is 5.73 Å². The molecule has 0 aromatic heterocycles. The van der Waals surface area contributed by atoms with E-state index in [0.717, 1.165) is 12.8 Å². The first-order chi connectivity index (χ1) is 8.08. The minimum absolute atomic E-state index is 0.0670. The number of hydrogen-bond acceptors (Lipinski definition) is 2. The first-order valence-electron chi connectivity index (χ1n) is 5.54. The van der Waals surface area contributed by atoms with Crippen molar-refractivity contribution < 1.29 is 9.18 Å². The van der Waals surface area contributed by atoms with E-state index in [2.05, 4.69) is 21.2 Å². The van der Waals surface area contributed by atoms with Crippen LogP contribution in [0.25, 0.3) is 0 Å². The van der Waals surface area contributed by atoms with Crippen LogP contribution in [0.15, 0.2) is 22.7 Å². The van der Waals surface area contributed by atoms with Crippen molar-refractivity contribution in [1.29, 1.82) is 0 Å². The maximum atomic E-state index is 13.0. The van der Waals surface area contributed by atoms with Crippen LogP contribution in [0.2, 0.25) is 0 Å². The molecule has 5 heteroatoms. The van der Waals surface area contributed by atoms with Crippen LogP contribution in [0.3, 0.4) is 0 Å². The molecule has 1 amide bonds. The zero-order valence-corrected chi connectivity index (χ0v) is 11.3. The Hall–Kier alpha value is -0.940. The smallest absolute Gasteiger partial charge is 0.252 e. The van der Waals surface area contributed by atoms with Gasteiger partial charge in [0.25, 0.3) is 5.91 Å². The van der Waals surface area contributed by atoms with E-state index in [-0.39, 0.29) is 11.9 Å². The van der Waals surface area contributed by atoms with Gasteiger partial charge in [0.2, 0.25) is 0 Å². The molecule has 0 saturated heterocycles. The van der Waals surface area contributed by atoms with Gasteiger partial charge in [-0.05, 0) is 40.5 Å². The Balaban J connectivity index is 2.78. The van der Waals surface area contributed by atoms with Crippen molar-refractivity contribution in [3.8, 4) is 0 Å². The Morgan fingerprint density at radius 1 is 1.59 bits per heavy atom. The molecule has 0 aliphatic carbocycles. The van der Waals surface area contributed by atoms with Crippen molar-refractivity contribution in [2.45, 2.75) is 25.8 Å². The van der Waals surface area contributed by atoms with E-state index in [1.807, 2.05) is 6.92 Å². The third kappa shape index (κ3) is 4.09. The second kappa shape index (κ2) is 6.71. The first kappa shape index (κ1) is 14.1. The van der Waals surface area contributed by atoms with Crippen LogP contribution < -0.4 is 11.1 Å². The minimum Gasteiger partial charge on any atom is -0.348 e. The lowest BCUT2D eigenvalue weighted by Crippen LogP contribution is -2.40. The molecular formula is C12H16BrFN2O. The average Bonchev–Trinajstić information content (AvgIpc) is 2.31. The standard InChI is InChI=1S/C12H16BrFN2O/c1-2-3-9(7-15)16-12(17)10-6-8(14)4-5-11(10)13/h4-6,9H,2-3,7,15H2,1H3,(H,16,17). The van der Waals surface area contributed by atoms with Crippen molar-refractivity contribution in [1.82, 2.24) is 5.32 Å². The Bertz CT molecular complexity index is 398. The summed E-state index contributed by atoms with van der Waals surface area (Å²) in [6.45, 7) is 2.40. The van der Waals surface area contributed by atoms with Crippen LogP contribution in [0.4, 0.5) is 4.39 Å². The third-order valence-corrected chi connectivity index (χ3v) is 3.12. The summed E-state index contributed by atoms with van der Waals surface area (Å²) in [7, 11) is 0. The largest absolute Gasteiger partial charge is 0.348 e. The van der Waals surface area contributed by atoms with Crippen LogP contribution >= 0.6 is 15.9 Å². The zero-order valence-electron chi connectivity index (χ0n) is 9.67. The predicted molar refractivity (Wildman–Crippen MR) is 69.3 cm³/mol. The Morgan fingerprint density at radius 3 is 2.88 bits per heavy atom. The fourth-order valence-electron chi connectivity index (χ4n) is 1.53. The first-order valence-corrected chi connectivity index (χ1v) is 6.33. The molecule has 0 heterocycles. The molecule has 0 aliphatic heterocycles. The molecule has 17 heavy (non-hydrogen) atoms. The van der Waals surface area contributed by atoms with Gasteiger partial charge in [-0.2, -0.15) is 0 Å². The molecule has 1 aromatic rings. The molecule has 1 atom stereocenters. The molecule has 0 bridgehead atoms. The molecule has 3 nitrogen and oxygen atoms in total. The van der Waals surface area contributed by atoms with Crippen LogP contribution in [0, 0.1) is 5.82 Å². The summed E-state index contributed by atoms with van der Waals surface area (Å²) in [4.78, 5) is 11.9. The van der Waals surface area contributed by atoms with Gasteiger partial charge in [-0.1, -0.05) is 13.3 Å². The van der Waals surface area contributed by atoms with Crippen molar-refractivity contribution in [3.05, 3.63) is 34.1 Å². The van der Waals surface area contributed by atoms with Crippen LogP contribution in [-0.2, 0) is 0 Å². The maximum Gasteiger partial charge on any atom is 0.252 e. The molecule has 1 unspecified atom stereocenters. The second-order valence-corrected chi connectivity index (χ2v) is 4.67. The summed E-state index contributed by atoms with van der Waals surface area (Å²) >= 11 is 3.22. The van der Waals surface area contributed by atoms with Crippen molar-refractivity contribution in [2.24, 2.45) is 5.73 Å². The molecule has 0 radical (unpaired) electrons. The van der Waals surface area contributed by atoms with E-state index in [0.29, 0.717) is 16.6 Å². The summed E-state index contributed by atoms with van der Waals surface area (Å²) in [5.41, 5.74) is 5.84. The highest BCUT2D eigenvalue weighted by atomic mass is 79.9. The monoisotopic (exact) mass is 302 g/mol. The third-order valence-electron chi connectivity index (χ3n) is 2.43. The zero-order chi connectivity index (χ0) is 12.8. The number of amides is 1. The second-order valence-electron chi connectivity index (χ2n) is 3.82. The number of carbonyl (C=O) groups is 1. The van der Waals surface area contributed by atoms with Gasteiger partial charge in [0, 0.05) is 17.1 Å². The number of hydrogen-bond donors (Lipinski definition) is 2. The van der Waals surface area contributed by atoms with Gasteiger partial charge in [0.1, 0.15) is 5.82 Å². The molecule has 0 fully saturated rings. The summed E-state index contributed by atoms with van der Waals surface area (Å²) in [6.07, 6.45) is 1.75. The summed E-state index contributed by atoms with van der Waals surface area (Å²) in [5, 5.41) is 2.79. The van der Waals surface area contributed by atoms with Gasteiger partial charge in [-0.15, -0.1) is 0 Å². The lowest BCUT2D eigenvalue weighted by atomic mass is 10.1. The fourth-order valence-corrected chi connectivity index (χ4v) is 1.96. The van der Waals surface area contributed by atoms with Crippen molar-refractivity contribution >= 4 is 21.8 Å². The number of halogens is 2. The van der Waals surface area contributed by atoms with E-state index in [1.54, 1.807) is 0 Å². The highest BCUT2D eigenvalue weighted by molar-refractivity contribution is 9.10. The molecule has 0 aliphatic rings. The lowest BCUT2D eigenvalue weighted by Gasteiger charge is -2.16. The quantitative estimate of drug-likeness (QED) is 0.878. The molecule has 1 rings (SSSR count). The fraction of sp³-hybridized carbons (Fsp3) is 0.417. The van der Waals surface area contributed by atoms with E-state index >= 15 is 0 Å². The topological polar surface area (TPSA) is 55.1 Å². The van der Waals surface area contributed by atoms with Crippen LogP contribution in [0.5, 0.6) is 0 Å². The van der Waals surface area contributed by atoms with Crippen LogP contribution in [0.1, 0.15) is 30.1 Å². The number of benzene rings is 1. The molecule has 94 valence electrons. The average molecular weight is 303 g/mol. The van der Waals surface area contributed by atoms with Crippen LogP contribution in [-0.4, -0.2) is 18.5 Å². The number of carbonyl (C=O) groups excluding carboxylic acids is 1. The molecular weight excluding hydrogens is 287 g/mol. The Kier molecular flexibility index (Phi) is 5.58. The predicted octanol–water partition coefficient (Wildman–Crippen LogP) is 2.45. The Morgan fingerprint density at radius 2 is 2.29 bits per heavy atom. The number of rotatable bonds is 5. The van der Waals surface area contributed by atoms with Gasteiger partial charge in [-0.3, -0.25) is 4.79 Å².